The molecule has 2 aliphatic rings. The quantitative estimate of drug-likeness (QED) is 0.110. The Labute approximate surface area is 431 Å². The Kier molecular flexibility index (Phi) is 15.6. The van der Waals surface area contributed by atoms with Gasteiger partial charge in [0.25, 0.3) is 23.6 Å². The molecule has 6 aromatic heterocycles. The minimum Gasteiger partial charge on any atom is -0.383 e. The molecular formula is C53H54N16O4S. The highest BCUT2D eigenvalue weighted by Gasteiger charge is 2.29. The Morgan fingerprint density at radius 2 is 1.08 bits per heavy atom. The fourth-order valence-corrected chi connectivity index (χ4v) is 9.50. The molecule has 0 radical (unpaired) electrons. The molecule has 4 amide bonds. The van der Waals surface area contributed by atoms with Crippen LogP contribution in [0.4, 0.5) is 22.6 Å². The van der Waals surface area contributed by atoms with Gasteiger partial charge in [-0.15, -0.1) is 11.3 Å². The molecule has 2 aromatic carbocycles. The van der Waals surface area contributed by atoms with E-state index in [0.717, 1.165) is 47.3 Å². The van der Waals surface area contributed by atoms with Gasteiger partial charge in [0.1, 0.15) is 41.5 Å². The van der Waals surface area contributed by atoms with Crippen LogP contribution in [0.2, 0.25) is 0 Å². The molecule has 2 aliphatic heterocycles. The smallest absolute Gasteiger partial charge is 0.298 e. The molecule has 0 aliphatic carbocycles. The molecule has 2 saturated heterocycles. The molecule has 10 rings (SSSR count). The van der Waals surface area contributed by atoms with Crippen molar-refractivity contribution in [2.45, 2.75) is 72.9 Å². The summed E-state index contributed by atoms with van der Waals surface area (Å²) in [4.78, 5) is 79.8. The molecule has 8 heterocycles. The van der Waals surface area contributed by atoms with Gasteiger partial charge in [-0.25, -0.2) is 39.3 Å². The van der Waals surface area contributed by atoms with E-state index in [2.05, 4.69) is 64.2 Å². The van der Waals surface area contributed by atoms with E-state index in [1.165, 1.54) is 24.0 Å². The standard InChI is InChI=1S/C27H26N8O2.C25H24N8O2S.CH4/c1-3-4-22(36)34-13-10-20(11-14-34)35-26-23(25(28)30-16-31-26)24(33-35)18-5-7-19(8-6-18)27(37)32-21-15-17(2)9-12-29-21;1-3-4-19(34)32-11-9-18(10-12-32)33-23-20(22(26)28-14-29-23)21(31-33)16-5-7-17(8-6-16)24(35)30-25-27-13-15(2)36-25;/h5-9,12,15-16,20H,10-11,13-14H2,1-2H3,(H2,28,30,31)(H,29,32,37);5-8,13-14,18H,9-12H2,1-2H3,(H2,26,28,29)(H,27,30,35);1H4. The topological polar surface area (TPSA) is 264 Å². The van der Waals surface area contributed by atoms with Crippen molar-refractivity contribution in [3.05, 3.63) is 107 Å². The number of nitrogens with two attached hydrogens (primary N) is 2. The normalized spacial score (nSPS) is 13.6. The van der Waals surface area contributed by atoms with Crippen LogP contribution in [0, 0.1) is 37.5 Å². The first-order valence-corrected chi connectivity index (χ1v) is 24.3. The number of aromatic nitrogens is 10. The number of benzene rings is 2. The van der Waals surface area contributed by atoms with Crippen molar-refractivity contribution in [2.24, 2.45) is 0 Å². The van der Waals surface area contributed by atoms with Crippen LogP contribution < -0.4 is 22.1 Å². The van der Waals surface area contributed by atoms with Crippen LogP contribution in [0.25, 0.3) is 44.6 Å². The Hall–Kier alpha value is -9.08. The van der Waals surface area contributed by atoms with Gasteiger partial charge in [-0.3, -0.25) is 24.5 Å². The number of carbonyl (C=O) groups is 4. The maximum absolute atomic E-state index is 12.7. The van der Waals surface area contributed by atoms with E-state index < -0.39 is 0 Å². The summed E-state index contributed by atoms with van der Waals surface area (Å²) in [5.74, 6) is 10.9. The molecule has 0 spiro atoms. The number of fused-ring (bicyclic) bond motifs is 2. The van der Waals surface area contributed by atoms with Gasteiger partial charge in [0.05, 0.1) is 22.9 Å². The second-order valence-corrected chi connectivity index (χ2v) is 18.6. The molecule has 0 saturated carbocycles. The lowest BCUT2D eigenvalue weighted by Gasteiger charge is -2.30. The van der Waals surface area contributed by atoms with E-state index in [4.69, 9.17) is 21.7 Å². The van der Waals surface area contributed by atoms with Crippen molar-refractivity contribution in [2.75, 3.05) is 48.3 Å². The van der Waals surface area contributed by atoms with Crippen LogP contribution in [-0.4, -0.2) is 109 Å². The van der Waals surface area contributed by atoms with E-state index in [0.29, 0.717) is 93.3 Å². The number of piperidine rings is 2. The van der Waals surface area contributed by atoms with Gasteiger partial charge in [0.15, 0.2) is 16.4 Å². The first-order valence-electron chi connectivity index (χ1n) is 23.5. The predicted molar refractivity (Wildman–Crippen MR) is 285 cm³/mol. The van der Waals surface area contributed by atoms with Crippen LogP contribution in [-0.2, 0) is 9.59 Å². The van der Waals surface area contributed by atoms with Gasteiger partial charge in [-0.1, -0.05) is 43.5 Å². The second kappa shape index (κ2) is 22.6. The summed E-state index contributed by atoms with van der Waals surface area (Å²) in [5, 5.41) is 17.3. The van der Waals surface area contributed by atoms with Crippen LogP contribution in [0.5, 0.6) is 0 Å². The van der Waals surface area contributed by atoms with Crippen LogP contribution in [0.3, 0.4) is 0 Å². The lowest BCUT2D eigenvalue weighted by molar-refractivity contribution is -0.127. The molecule has 0 atom stereocenters. The number of rotatable bonds is 8. The molecule has 6 N–H and O–H groups in total. The summed E-state index contributed by atoms with van der Waals surface area (Å²) in [5.41, 5.74) is 18.7. The van der Waals surface area contributed by atoms with E-state index in [9.17, 15) is 19.2 Å². The van der Waals surface area contributed by atoms with Gasteiger partial charge < -0.3 is 26.6 Å². The summed E-state index contributed by atoms with van der Waals surface area (Å²) < 4.78 is 3.78. The first-order chi connectivity index (χ1) is 35.4. The molecule has 376 valence electrons. The van der Waals surface area contributed by atoms with Gasteiger partial charge >= 0.3 is 0 Å². The van der Waals surface area contributed by atoms with Gasteiger partial charge in [-0.05, 0) is 107 Å². The second-order valence-electron chi connectivity index (χ2n) is 17.4. The van der Waals surface area contributed by atoms with Crippen molar-refractivity contribution < 1.29 is 19.2 Å². The number of likely N-dealkylation sites (tertiary alicyclic amines) is 2. The molecular weight excluding hydrogens is 957 g/mol. The van der Waals surface area contributed by atoms with Gasteiger partial charge in [0, 0.05) is 65.7 Å². The molecule has 20 nitrogen and oxygen atoms in total. The summed E-state index contributed by atoms with van der Waals surface area (Å²) in [6.07, 6.45) is 9.15. The summed E-state index contributed by atoms with van der Waals surface area (Å²) in [7, 11) is 0. The molecule has 74 heavy (non-hydrogen) atoms. The van der Waals surface area contributed by atoms with E-state index >= 15 is 0 Å². The third-order valence-electron chi connectivity index (χ3n) is 12.5. The lowest BCUT2D eigenvalue weighted by atomic mass is 10.0. The van der Waals surface area contributed by atoms with Crippen molar-refractivity contribution >= 4 is 79.6 Å². The molecule has 0 unspecified atom stereocenters. The number of hydrogen-bond acceptors (Lipinski definition) is 15. The molecule has 0 bridgehead atoms. The van der Waals surface area contributed by atoms with E-state index in [-0.39, 0.29) is 43.1 Å². The zero-order valence-corrected chi connectivity index (χ0v) is 41.3. The highest BCUT2D eigenvalue weighted by atomic mass is 32.1. The monoisotopic (exact) mass is 1010 g/mol. The number of hydrogen-bond donors (Lipinski definition) is 4. The van der Waals surface area contributed by atoms with Crippen molar-refractivity contribution in [3.8, 4) is 46.2 Å². The zero-order chi connectivity index (χ0) is 51.2. The third kappa shape index (κ3) is 11.0. The molecule has 2 fully saturated rings. The number of nitrogens with one attached hydrogen (secondary N) is 2. The predicted octanol–water partition coefficient (Wildman–Crippen LogP) is 7.13. The number of anilines is 4. The Bertz CT molecular complexity index is 3510. The third-order valence-corrected chi connectivity index (χ3v) is 13.4. The summed E-state index contributed by atoms with van der Waals surface area (Å²) >= 11 is 1.42. The highest BCUT2D eigenvalue weighted by molar-refractivity contribution is 7.15. The minimum absolute atomic E-state index is 0. The van der Waals surface area contributed by atoms with E-state index in [1.54, 1.807) is 60.3 Å². The maximum atomic E-state index is 12.7. The summed E-state index contributed by atoms with van der Waals surface area (Å²) in [6, 6.07) is 18.1. The first kappa shape index (κ1) is 51.3. The minimum atomic E-state index is -0.253. The average Bonchev–Trinajstić information content (AvgIpc) is 4.14. The lowest BCUT2D eigenvalue weighted by Crippen LogP contribution is -2.38. The number of carbonyl (C=O) groups excluding carboxylic acids is 4. The summed E-state index contributed by atoms with van der Waals surface area (Å²) in [6.45, 7) is 9.57. The fraction of sp³-hybridized carbons (Fsp3) is 0.283. The maximum Gasteiger partial charge on any atom is 0.298 e. The van der Waals surface area contributed by atoms with Crippen LogP contribution in [0.15, 0.2) is 85.7 Å². The SMILES string of the molecule is C.CC#CC(=O)N1CCC(n2nc(-c3ccc(C(=O)Nc4cc(C)ccn4)cc3)c3c(N)ncnc32)CC1.CC#CC(=O)N1CCC(n2nc(-c3ccc(C(=O)Nc4ncc(C)s4)cc3)c3c(N)ncnc32)CC1. The van der Waals surface area contributed by atoms with Crippen molar-refractivity contribution in [3.63, 3.8) is 0 Å². The molecule has 21 heteroatoms. The number of nitrogens with zero attached hydrogens (tertiary/aromatic N) is 12. The number of pyridine rings is 1. The number of thiazole rings is 1. The Balaban J connectivity index is 0.000000194. The average molecular weight is 1010 g/mol. The number of amides is 4. The Morgan fingerprint density at radius 3 is 1.50 bits per heavy atom. The van der Waals surface area contributed by atoms with Crippen molar-refractivity contribution in [1.29, 1.82) is 0 Å². The fourth-order valence-electron chi connectivity index (χ4n) is 8.84. The van der Waals surface area contributed by atoms with Crippen LogP contribution >= 0.6 is 11.3 Å². The number of nitrogen functional groups attached to an aromatic ring is 2. The molecule has 8 aromatic rings. The van der Waals surface area contributed by atoms with Gasteiger partial charge in [0.2, 0.25) is 0 Å². The van der Waals surface area contributed by atoms with Crippen molar-refractivity contribution in [1.82, 2.24) is 59.3 Å². The van der Waals surface area contributed by atoms with E-state index in [1.807, 2.05) is 59.6 Å². The highest BCUT2D eigenvalue weighted by Crippen LogP contribution is 2.36. The zero-order valence-electron chi connectivity index (χ0n) is 40.5. The number of aryl methyl sites for hydroxylation is 2. The largest absolute Gasteiger partial charge is 0.383 e. The van der Waals surface area contributed by atoms with Gasteiger partial charge in [-0.2, -0.15) is 10.2 Å². The Morgan fingerprint density at radius 1 is 0.622 bits per heavy atom. The van der Waals surface area contributed by atoms with Crippen LogP contribution in [0.1, 0.15) is 90.2 Å².